The van der Waals surface area contributed by atoms with Crippen molar-refractivity contribution in [3.8, 4) is 0 Å². The van der Waals surface area contributed by atoms with Crippen LogP contribution in [-0.4, -0.2) is 22.6 Å². The highest BCUT2D eigenvalue weighted by molar-refractivity contribution is 6.35. The van der Waals surface area contributed by atoms with E-state index in [1.807, 2.05) is 18.2 Å². The minimum atomic E-state index is 0.795. The number of nitrogens with zero attached hydrogens (tertiary/aromatic N) is 2. The van der Waals surface area contributed by atoms with Crippen LogP contribution in [0.5, 0.6) is 0 Å². The van der Waals surface area contributed by atoms with Crippen molar-refractivity contribution in [3.63, 3.8) is 0 Å². The summed E-state index contributed by atoms with van der Waals surface area (Å²) in [6, 6.07) is 5.93. The lowest BCUT2D eigenvalue weighted by Crippen LogP contribution is -2.18. The van der Waals surface area contributed by atoms with Crippen molar-refractivity contribution in [3.05, 3.63) is 29.0 Å². The van der Waals surface area contributed by atoms with Crippen LogP contribution in [0.4, 0.5) is 0 Å². The van der Waals surface area contributed by atoms with Gasteiger partial charge in [0, 0.05) is 19.5 Å². The second kappa shape index (κ2) is 6.21. The summed E-state index contributed by atoms with van der Waals surface area (Å²) < 4.78 is 2.26. The average molecular weight is 266 g/mol. The van der Waals surface area contributed by atoms with Gasteiger partial charge in [-0.3, -0.25) is 0 Å². The van der Waals surface area contributed by atoms with Crippen LogP contribution in [0.3, 0.4) is 0 Å². The molecule has 2 rings (SSSR count). The predicted octanol–water partition coefficient (Wildman–Crippen LogP) is 3.25. The summed E-state index contributed by atoms with van der Waals surface area (Å²) in [5.41, 5.74) is 2.08. The molecule has 0 bridgehead atoms. The van der Waals surface area contributed by atoms with E-state index in [2.05, 4.69) is 23.7 Å². The highest BCUT2D eigenvalue weighted by Crippen LogP contribution is 2.25. The Kier molecular flexibility index (Phi) is 4.61. The van der Waals surface area contributed by atoms with Crippen LogP contribution in [0.2, 0.25) is 5.02 Å². The SMILES string of the molecule is CCCn1c(CCNCC)nc2cccc(Cl)c21. The molecule has 0 aliphatic rings. The van der Waals surface area contributed by atoms with E-state index >= 15 is 0 Å². The highest BCUT2D eigenvalue weighted by atomic mass is 35.5. The molecule has 0 spiro atoms. The molecule has 0 saturated carbocycles. The maximum Gasteiger partial charge on any atom is 0.111 e. The Labute approximate surface area is 113 Å². The fourth-order valence-corrected chi connectivity index (χ4v) is 2.49. The molecule has 1 aromatic heterocycles. The molecule has 0 saturated heterocycles. The average Bonchev–Trinajstić information content (AvgIpc) is 2.70. The molecular weight excluding hydrogens is 246 g/mol. The molecule has 0 fully saturated rings. The minimum Gasteiger partial charge on any atom is -0.327 e. The van der Waals surface area contributed by atoms with Gasteiger partial charge in [0.15, 0.2) is 0 Å². The van der Waals surface area contributed by atoms with Crippen LogP contribution in [-0.2, 0) is 13.0 Å². The topological polar surface area (TPSA) is 29.9 Å². The van der Waals surface area contributed by atoms with Gasteiger partial charge in [0.2, 0.25) is 0 Å². The van der Waals surface area contributed by atoms with Gasteiger partial charge in [-0.25, -0.2) is 4.98 Å². The van der Waals surface area contributed by atoms with Gasteiger partial charge in [-0.05, 0) is 25.1 Å². The van der Waals surface area contributed by atoms with Crippen LogP contribution in [0.15, 0.2) is 18.2 Å². The number of para-hydroxylation sites is 1. The molecule has 0 radical (unpaired) electrons. The number of fused-ring (bicyclic) bond motifs is 1. The van der Waals surface area contributed by atoms with Gasteiger partial charge in [-0.1, -0.05) is 31.5 Å². The van der Waals surface area contributed by atoms with Crippen molar-refractivity contribution >= 4 is 22.6 Å². The van der Waals surface area contributed by atoms with Crippen molar-refractivity contribution in [1.29, 1.82) is 0 Å². The van der Waals surface area contributed by atoms with E-state index in [9.17, 15) is 0 Å². The number of nitrogens with one attached hydrogen (secondary N) is 1. The standard InChI is InChI=1S/C14H20ClN3/c1-3-10-18-13(8-9-16-4-2)17-12-7-5-6-11(15)14(12)18/h5-7,16H,3-4,8-10H2,1-2H3. The first-order valence-electron chi connectivity index (χ1n) is 6.62. The second-order valence-corrected chi connectivity index (χ2v) is 4.80. The van der Waals surface area contributed by atoms with Crippen molar-refractivity contribution in [2.24, 2.45) is 0 Å². The molecular formula is C14H20ClN3. The predicted molar refractivity (Wildman–Crippen MR) is 77.3 cm³/mol. The van der Waals surface area contributed by atoms with Crippen LogP contribution in [0.1, 0.15) is 26.1 Å². The molecule has 0 aliphatic carbocycles. The van der Waals surface area contributed by atoms with E-state index in [0.29, 0.717) is 0 Å². The molecule has 0 unspecified atom stereocenters. The smallest absolute Gasteiger partial charge is 0.111 e. The number of rotatable bonds is 6. The first-order valence-corrected chi connectivity index (χ1v) is 7.00. The summed E-state index contributed by atoms with van der Waals surface area (Å²) in [4.78, 5) is 4.70. The first kappa shape index (κ1) is 13.4. The third kappa shape index (κ3) is 2.68. The number of benzene rings is 1. The number of likely N-dealkylation sites (N-methyl/N-ethyl adjacent to an activating group) is 1. The Hall–Kier alpha value is -1.06. The number of imidazole rings is 1. The van der Waals surface area contributed by atoms with Crippen LogP contribution in [0.25, 0.3) is 11.0 Å². The number of hydrogen-bond donors (Lipinski definition) is 1. The van der Waals surface area contributed by atoms with E-state index in [1.165, 1.54) is 0 Å². The van der Waals surface area contributed by atoms with Gasteiger partial charge in [0.1, 0.15) is 5.82 Å². The van der Waals surface area contributed by atoms with Gasteiger partial charge >= 0.3 is 0 Å². The lowest BCUT2D eigenvalue weighted by molar-refractivity contribution is 0.625. The Morgan fingerprint density at radius 3 is 2.89 bits per heavy atom. The number of hydrogen-bond acceptors (Lipinski definition) is 2. The summed E-state index contributed by atoms with van der Waals surface area (Å²) >= 11 is 6.30. The molecule has 3 nitrogen and oxygen atoms in total. The molecule has 1 heterocycles. The summed E-state index contributed by atoms with van der Waals surface area (Å²) in [5, 5.41) is 4.13. The van der Waals surface area contributed by atoms with Crippen LogP contribution >= 0.6 is 11.6 Å². The van der Waals surface area contributed by atoms with Crippen molar-refractivity contribution < 1.29 is 0 Å². The zero-order valence-electron chi connectivity index (χ0n) is 11.0. The van der Waals surface area contributed by atoms with Crippen molar-refractivity contribution in [2.75, 3.05) is 13.1 Å². The van der Waals surface area contributed by atoms with E-state index in [4.69, 9.17) is 16.6 Å². The number of aromatic nitrogens is 2. The van der Waals surface area contributed by atoms with E-state index in [0.717, 1.165) is 54.4 Å². The summed E-state index contributed by atoms with van der Waals surface area (Å²) in [5.74, 6) is 1.13. The third-order valence-electron chi connectivity index (χ3n) is 3.02. The summed E-state index contributed by atoms with van der Waals surface area (Å²) in [6.07, 6.45) is 2.03. The Morgan fingerprint density at radius 1 is 1.33 bits per heavy atom. The Morgan fingerprint density at radius 2 is 2.17 bits per heavy atom. The van der Waals surface area contributed by atoms with Crippen LogP contribution < -0.4 is 5.32 Å². The van der Waals surface area contributed by atoms with E-state index < -0.39 is 0 Å². The largest absolute Gasteiger partial charge is 0.327 e. The van der Waals surface area contributed by atoms with Gasteiger partial charge in [0.05, 0.1) is 16.1 Å². The molecule has 1 aromatic carbocycles. The third-order valence-corrected chi connectivity index (χ3v) is 3.32. The molecule has 98 valence electrons. The van der Waals surface area contributed by atoms with E-state index in [-0.39, 0.29) is 0 Å². The maximum atomic E-state index is 6.30. The molecule has 0 amide bonds. The zero-order chi connectivity index (χ0) is 13.0. The maximum absolute atomic E-state index is 6.30. The number of halogens is 1. The lowest BCUT2D eigenvalue weighted by Gasteiger charge is -2.08. The summed E-state index contributed by atoms with van der Waals surface area (Å²) in [7, 11) is 0. The quantitative estimate of drug-likeness (QED) is 0.813. The van der Waals surface area contributed by atoms with Gasteiger partial charge in [-0.15, -0.1) is 0 Å². The van der Waals surface area contributed by atoms with Gasteiger partial charge in [-0.2, -0.15) is 0 Å². The monoisotopic (exact) mass is 265 g/mol. The Balaban J connectivity index is 2.38. The molecule has 0 atom stereocenters. The molecule has 18 heavy (non-hydrogen) atoms. The molecule has 0 aliphatic heterocycles. The minimum absolute atomic E-state index is 0.795. The Bertz CT molecular complexity index is 519. The van der Waals surface area contributed by atoms with Gasteiger partial charge in [0.25, 0.3) is 0 Å². The molecule has 2 aromatic rings. The summed E-state index contributed by atoms with van der Waals surface area (Å²) in [6.45, 7) is 7.22. The fraction of sp³-hybridized carbons (Fsp3) is 0.500. The second-order valence-electron chi connectivity index (χ2n) is 4.39. The fourth-order valence-electron chi connectivity index (χ4n) is 2.22. The van der Waals surface area contributed by atoms with Gasteiger partial charge < -0.3 is 9.88 Å². The zero-order valence-corrected chi connectivity index (χ0v) is 11.8. The first-order chi connectivity index (χ1) is 8.77. The number of aryl methyl sites for hydroxylation is 1. The van der Waals surface area contributed by atoms with E-state index in [1.54, 1.807) is 0 Å². The molecule has 1 N–H and O–H groups in total. The highest BCUT2D eigenvalue weighted by Gasteiger charge is 2.12. The van der Waals surface area contributed by atoms with Crippen LogP contribution in [0, 0.1) is 0 Å². The lowest BCUT2D eigenvalue weighted by atomic mass is 10.3. The van der Waals surface area contributed by atoms with Crippen molar-refractivity contribution in [2.45, 2.75) is 33.2 Å². The normalized spacial score (nSPS) is 11.3. The van der Waals surface area contributed by atoms with Crippen molar-refractivity contribution in [1.82, 2.24) is 14.9 Å². The molecule has 4 heteroatoms.